The van der Waals surface area contributed by atoms with Crippen LogP contribution in [-0.2, 0) is 9.31 Å². The molecule has 0 N–H and O–H groups in total. The largest absolute Gasteiger partial charge is 0.495 e. The second kappa shape index (κ2) is 4.26. The van der Waals surface area contributed by atoms with Crippen molar-refractivity contribution in [3.05, 3.63) is 28.3 Å². The minimum atomic E-state index is -0.340. The zero-order chi connectivity index (χ0) is 13.7. The summed E-state index contributed by atoms with van der Waals surface area (Å²) >= 11 is 6.29. The molecule has 1 fully saturated rings. The summed E-state index contributed by atoms with van der Waals surface area (Å²) in [5.74, 6) is 0. The molecule has 1 aromatic rings. The van der Waals surface area contributed by atoms with Crippen LogP contribution in [0.25, 0.3) is 0 Å². The molecule has 1 heterocycles. The average molecular weight is 267 g/mol. The summed E-state index contributed by atoms with van der Waals surface area (Å²) in [6.45, 7) is 12.2. The maximum atomic E-state index is 6.29. The normalized spacial score (nSPS) is 21.4. The molecule has 1 aliphatic rings. The molecule has 0 aliphatic carbocycles. The molecule has 0 radical (unpaired) electrons. The lowest BCUT2D eigenvalue weighted by Gasteiger charge is -2.32. The van der Waals surface area contributed by atoms with E-state index in [4.69, 9.17) is 20.9 Å². The number of halogens is 1. The summed E-state index contributed by atoms with van der Waals surface area (Å²) in [7, 11) is -0.340. The number of hydrogen-bond acceptors (Lipinski definition) is 2. The van der Waals surface area contributed by atoms with Crippen LogP contribution < -0.4 is 5.46 Å². The van der Waals surface area contributed by atoms with Crippen molar-refractivity contribution in [1.82, 2.24) is 0 Å². The van der Waals surface area contributed by atoms with Crippen molar-refractivity contribution < 1.29 is 9.31 Å². The van der Waals surface area contributed by atoms with Gasteiger partial charge in [-0.25, -0.2) is 0 Å². The molecule has 0 aromatic heterocycles. The lowest BCUT2D eigenvalue weighted by Crippen LogP contribution is -2.41. The van der Waals surface area contributed by atoms with Crippen LogP contribution in [0.3, 0.4) is 0 Å². The summed E-state index contributed by atoms with van der Waals surface area (Å²) in [5, 5.41) is 0.794. The molecule has 98 valence electrons. The van der Waals surface area contributed by atoms with Gasteiger partial charge >= 0.3 is 7.12 Å². The quantitative estimate of drug-likeness (QED) is 0.727. The highest BCUT2D eigenvalue weighted by Crippen LogP contribution is 2.37. The number of aryl methyl sites for hydroxylation is 1. The van der Waals surface area contributed by atoms with Crippen LogP contribution in [0.1, 0.15) is 38.8 Å². The highest BCUT2D eigenvalue weighted by molar-refractivity contribution is 6.63. The smallest absolute Gasteiger partial charge is 0.399 e. The van der Waals surface area contributed by atoms with Crippen LogP contribution in [0.2, 0.25) is 5.02 Å². The Morgan fingerprint density at radius 2 is 1.50 bits per heavy atom. The van der Waals surface area contributed by atoms with Crippen LogP contribution in [0.4, 0.5) is 0 Å². The fourth-order valence-corrected chi connectivity index (χ4v) is 2.23. The van der Waals surface area contributed by atoms with E-state index in [9.17, 15) is 0 Å². The van der Waals surface area contributed by atoms with Gasteiger partial charge in [0.1, 0.15) is 0 Å². The third-order valence-corrected chi connectivity index (χ3v) is 4.71. The molecule has 0 saturated carbocycles. The predicted octanol–water partition coefficient (Wildman–Crippen LogP) is 3.26. The fourth-order valence-electron chi connectivity index (χ4n) is 2.06. The van der Waals surface area contributed by atoms with E-state index in [1.165, 1.54) is 0 Å². The van der Waals surface area contributed by atoms with Crippen molar-refractivity contribution in [3.63, 3.8) is 0 Å². The summed E-state index contributed by atoms with van der Waals surface area (Å²) in [6, 6.07) is 4.05. The Labute approximate surface area is 115 Å². The lowest BCUT2D eigenvalue weighted by molar-refractivity contribution is 0.00578. The first kappa shape index (κ1) is 13.9. The van der Waals surface area contributed by atoms with Gasteiger partial charge in [-0.05, 0) is 58.1 Å². The van der Waals surface area contributed by atoms with E-state index < -0.39 is 0 Å². The molecule has 1 aromatic carbocycles. The van der Waals surface area contributed by atoms with Crippen molar-refractivity contribution in [3.8, 4) is 0 Å². The van der Waals surface area contributed by atoms with Crippen molar-refractivity contribution in [2.45, 2.75) is 52.7 Å². The molecule has 4 heteroatoms. The number of rotatable bonds is 1. The van der Waals surface area contributed by atoms with E-state index in [0.717, 1.165) is 21.6 Å². The molecule has 1 saturated heterocycles. The molecule has 18 heavy (non-hydrogen) atoms. The third-order valence-electron chi connectivity index (χ3n) is 4.13. The van der Waals surface area contributed by atoms with Gasteiger partial charge in [-0.3, -0.25) is 0 Å². The minimum absolute atomic E-state index is 0.318. The van der Waals surface area contributed by atoms with Gasteiger partial charge in [0.2, 0.25) is 0 Å². The molecule has 0 amide bonds. The SMILES string of the molecule is Cc1ccc(B2OC(C)(C)C(C)(C)O2)c(C)c1Cl. The first-order valence-corrected chi connectivity index (χ1v) is 6.65. The molecule has 1 aliphatic heterocycles. The zero-order valence-corrected chi connectivity index (χ0v) is 12.7. The second-order valence-electron chi connectivity index (χ2n) is 6.00. The van der Waals surface area contributed by atoms with Crippen molar-refractivity contribution in [2.24, 2.45) is 0 Å². The molecule has 0 bridgehead atoms. The molecule has 0 unspecified atom stereocenters. The molecule has 0 spiro atoms. The Morgan fingerprint density at radius 3 is 2.00 bits per heavy atom. The molecule has 2 rings (SSSR count). The maximum absolute atomic E-state index is 6.29. The van der Waals surface area contributed by atoms with Crippen LogP contribution in [-0.4, -0.2) is 18.3 Å². The summed E-state index contributed by atoms with van der Waals surface area (Å²) in [5.41, 5.74) is 2.50. The van der Waals surface area contributed by atoms with E-state index in [-0.39, 0.29) is 18.3 Å². The van der Waals surface area contributed by atoms with E-state index >= 15 is 0 Å². The van der Waals surface area contributed by atoms with Crippen LogP contribution in [0.5, 0.6) is 0 Å². The first-order valence-electron chi connectivity index (χ1n) is 6.27. The Hall–Kier alpha value is -0.505. The lowest BCUT2D eigenvalue weighted by atomic mass is 9.76. The van der Waals surface area contributed by atoms with Gasteiger partial charge in [-0.1, -0.05) is 23.7 Å². The first-order chi connectivity index (χ1) is 8.16. The monoisotopic (exact) mass is 266 g/mol. The van der Waals surface area contributed by atoms with Gasteiger partial charge in [-0.2, -0.15) is 0 Å². The molecule has 0 atom stereocenters. The van der Waals surface area contributed by atoms with E-state index in [2.05, 4.69) is 27.7 Å². The highest BCUT2D eigenvalue weighted by Gasteiger charge is 2.52. The van der Waals surface area contributed by atoms with Gasteiger partial charge in [0.25, 0.3) is 0 Å². The van der Waals surface area contributed by atoms with E-state index in [1.54, 1.807) is 0 Å². The fraction of sp³-hybridized carbons (Fsp3) is 0.571. The molecule has 2 nitrogen and oxygen atoms in total. The van der Waals surface area contributed by atoms with Crippen LogP contribution in [0.15, 0.2) is 12.1 Å². The van der Waals surface area contributed by atoms with Gasteiger partial charge in [0.15, 0.2) is 0 Å². The van der Waals surface area contributed by atoms with Gasteiger partial charge < -0.3 is 9.31 Å². The second-order valence-corrected chi connectivity index (χ2v) is 6.38. The van der Waals surface area contributed by atoms with Crippen molar-refractivity contribution in [2.75, 3.05) is 0 Å². The van der Waals surface area contributed by atoms with Crippen molar-refractivity contribution >= 4 is 24.2 Å². The van der Waals surface area contributed by atoms with Gasteiger partial charge in [0.05, 0.1) is 11.2 Å². The topological polar surface area (TPSA) is 18.5 Å². The van der Waals surface area contributed by atoms with E-state index in [1.807, 2.05) is 26.0 Å². The Kier molecular flexibility index (Phi) is 3.29. The zero-order valence-electron chi connectivity index (χ0n) is 11.9. The average Bonchev–Trinajstić information content (AvgIpc) is 2.45. The van der Waals surface area contributed by atoms with Crippen LogP contribution in [0, 0.1) is 13.8 Å². The molecular formula is C14H20BClO2. The summed E-state index contributed by atoms with van der Waals surface area (Å²) in [4.78, 5) is 0. The number of benzene rings is 1. The molecular weight excluding hydrogens is 246 g/mol. The predicted molar refractivity (Wildman–Crippen MR) is 76.6 cm³/mol. The maximum Gasteiger partial charge on any atom is 0.495 e. The summed E-state index contributed by atoms with van der Waals surface area (Å²) < 4.78 is 12.1. The Bertz CT molecular complexity index is 467. The summed E-state index contributed by atoms with van der Waals surface area (Å²) in [6.07, 6.45) is 0. The third kappa shape index (κ3) is 2.09. The standard InChI is InChI=1S/C14H20BClO2/c1-9-7-8-11(10(2)12(9)16)15-17-13(3,4)14(5,6)18-15/h7-8H,1-6H3. The van der Waals surface area contributed by atoms with Gasteiger partial charge in [0, 0.05) is 5.02 Å². The Balaban J connectivity index is 2.39. The number of hydrogen-bond donors (Lipinski definition) is 0. The minimum Gasteiger partial charge on any atom is -0.399 e. The van der Waals surface area contributed by atoms with Crippen LogP contribution >= 0.6 is 11.6 Å². The Morgan fingerprint density at radius 1 is 1.00 bits per heavy atom. The van der Waals surface area contributed by atoms with E-state index in [0.29, 0.717) is 0 Å². The van der Waals surface area contributed by atoms with Gasteiger partial charge in [-0.15, -0.1) is 0 Å². The highest BCUT2D eigenvalue weighted by atomic mass is 35.5. The van der Waals surface area contributed by atoms with Crippen molar-refractivity contribution in [1.29, 1.82) is 0 Å².